The fourth-order valence-electron chi connectivity index (χ4n) is 3.85. The van der Waals surface area contributed by atoms with Crippen molar-refractivity contribution >= 4 is 28.8 Å². The number of carbonyl (C=O) groups excluding carboxylic acids is 2. The molecule has 5 rings (SSSR count). The standard InChI is InChI=1S/C24H21N5O2/c1-28(2)24(31)15-3-6-18(7-4-15)27-20-9-10-21(29-12-11-25-22(20)29)16-5-8-19-17(13-16)14-26-23(19)30/h3-13,27H,14H2,1-2H3,(H,26,30). The fraction of sp³-hybridized carbons (Fsp3) is 0.125. The quantitative estimate of drug-likeness (QED) is 0.537. The largest absolute Gasteiger partial charge is 0.352 e. The van der Waals surface area contributed by atoms with Crippen LogP contribution in [0.25, 0.3) is 16.9 Å². The number of hydrogen-bond acceptors (Lipinski definition) is 4. The van der Waals surface area contributed by atoms with Gasteiger partial charge in [-0.15, -0.1) is 0 Å². The maximum atomic E-state index is 12.1. The van der Waals surface area contributed by atoms with E-state index in [9.17, 15) is 9.59 Å². The van der Waals surface area contributed by atoms with Gasteiger partial charge in [-0.2, -0.15) is 0 Å². The van der Waals surface area contributed by atoms with Crippen LogP contribution in [-0.2, 0) is 6.54 Å². The molecule has 0 bridgehead atoms. The summed E-state index contributed by atoms with van der Waals surface area (Å²) >= 11 is 0. The molecule has 2 aromatic heterocycles. The SMILES string of the molecule is CN(C)C(=O)c1ccc(Nc2ccc(-c3ccc4c(c3)CNC4=O)n3ccnc23)cc1. The smallest absolute Gasteiger partial charge is 0.253 e. The molecule has 0 saturated heterocycles. The van der Waals surface area contributed by atoms with Crippen LogP contribution in [0.3, 0.4) is 0 Å². The molecule has 0 atom stereocenters. The highest BCUT2D eigenvalue weighted by Gasteiger charge is 2.19. The third-order valence-corrected chi connectivity index (χ3v) is 5.45. The lowest BCUT2D eigenvalue weighted by Gasteiger charge is -2.13. The lowest BCUT2D eigenvalue weighted by atomic mass is 10.0. The van der Waals surface area contributed by atoms with Gasteiger partial charge in [0.25, 0.3) is 11.8 Å². The Morgan fingerprint density at radius 3 is 2.68 bits per heavy atom. The van der Waals surface area contributed by atoms with Gasteiger partial charge in [0, 0.05) is 49.8 Å². The molecule has 0 unspecified atom stereocenters. The average Bonchev–Trinajstić information content (AvgIpc) is 3.41. The number of nitrogens with one attached hydrogen (secondary N) is 2. The van der Waals surface area contributed by atoms with Crippen LogP contribution in [0, 0.1) is 0 Å². The summed E-state index contributed by atoms with van der Waals surface area (Å²) in [5, 5.41) is 6.25. The molecule has 31 heavy (non-hydrogen) atoms. The second-order valence-electron chi connectivity index (χ2n) is 7.71. The van der Waals surface area contributed by atoms with Crippen LogP contribution in [0.5, 0.6) is 0 Å². The van der Waals surface area contributed by atoms with Gasteiger partial charge in [-0.1, -0.05) is 6.07 Å². The molecule has 3 heterocycles. The van der Waals surface area contributed by atoms with E-state index < -0.39 is 0 Å². The lowest BCUT2D eigenvalue weighted by Crippen LogP contribution is -2.21. The second kappa shape index (κ2) is 7.28. The van der Waals surface area contributed by atoms with Crippen LogP contribution < -0.4 is 10.6 Å². The number of hydrogen-bond donors (Lipinski definition) is 2. The maximum absolute atomic E-state index is 12.1. The number of carbonyl (C=O) groups is 2. The molecule has 154 valence electrons. The summed E-state index contributed by atoms with van der Waals surface area (Å²) in [6.45, 7) is 0.557. The van der Waals surface area contributed by atoms with Crippen molar-refractivity contribution in [1.29, 1.82) is 0 Å². The Kier molecular flexibility index (Phi) is 4.43. The molecule has 0 saturated carbocycles. The number of amides is 2. The molecule has 2 amide bonds. The highest BCUT2D eigenvalue weighted by atomic mass is 16.2. The Labute approximate surface area is 179 Å². The van der Waals surface area contributed by atoms with Crippen molar-refractivity contribution in [3.05, 3.63) is 83.7 Å². The number of fused-ring (bicyclic) bond motifs is 2. The Morgan fingerprint density at radius 1 is 1.10 bits per heavy atom. The van der Waals surface area contributed by atoms with Crippen molar-refractivity contribution in [3.63, 3.8) is 0 Å². The van der Waals surface area contributed by atoms with Crippen molar-refractivity contribution in [2.75, 3.05) is 19.4 Å². The zero-order valence-corrected chi connectivity index (χ0v) is 17.2. The molecular formula is C24H21N5O2. The molecule has 1 aliphatic heterocycles. The zero-order valence-electron chi connectivity index (χ0n) is 17.2. The Morgan fingerprint density at radius 2 is 1.90 bits per heavy atom. The lowest BCUT2D eigenvalue weighted by molar-refractivity contribution is 0.0827. The topological polar surface area (TPSA) is 78.7 Å². The highest BCUT2D eigenvalue weighted by Crippen LogP contribution is 2.29. The number of anilines is 2. The Balaban J connectivity index is 1.47. The van der Waals surface area contributed by atoms with Crippen LogP contribution in [0.2, 0.25) is 0 Å². The fourth-order valence-corrected chi connectivity index (χ4v) is 3.85. The van der Waals surface area contributed by atoms with E-state index in [4.69, 9.17) is 0 Å². The van der Waals surface area contributed by atoms with Crippen LogP contribution in [0.1, 0.15) is 26.3 Å². The van der Waals surface area contributed by atoms with Crippen LogP contribution in [0.15, 0.2) is 67.0 Å². The first-order valence-corrected chi connectivity index (χ1v) is 9.97. The maximum Gasteiger partial charge on any atom is 0.253 e. The summed E-state index contributed by atoms with van der Waals surface area (Å²) in [4.78, 5) is 30.0. The van der Waals surface area contributed by atoms with Crippen molar-refractivity contribution in [3.8, 4) is 11.3 Å². The van der Waals surface area contributed by atoms with E-state index in [1.165, 1.54) is 0 Å². The number of nitrogens with zero attached hydrogens (tertiary/aromatic N) is 3. The Bertz CT molecular complexity index is 1320. The van der Waals surface area contributed by atoms with Gasteiger partial charge in [0.1, 0.15) is 0 Å². The molecule has 2 aromatic carbocycles. The molecule has 0 radical (unpaired) electrons. The van der Waals surface area contributed by atoms with Crippen molar-refractivity contribution < 1.29 is 9.59 Å². The van der Waals surface area contributed by atoms with Crippen molar-refractivity contribution in [2.24, 2.45) is 0 Å². The van der Waals surface area contributed by atoms with Crippen molar-refractivity contribution in [2.45, 2.75) is 6.54 Å². The van der Waals surface area contributed by atoms with Crippen molar-refractivity contribution in [1.82, 2.24) is 19.6 Å². The zero-order chi connectivity index (χ0) is 21.5. The Hall–Kier alpha value is -4.13. The summed E-state index contributed by atoms with van der Waals surface area (Å²) in [6.07, 6.45) is 3.69. The van der Waals surface area contributed by atoms with E-state index in [2.05, 4.69) is 21.7 Å². The van der Waals surface area contributed by atoms with E-state index in [0.717, 1.165) is 39.4 Å². The van der Waals surface area contributed by atoms with Gasteiger partial charge in [-0.25, -0.2) is 4.98 Å². The van der Waals surface area contributed by atoms with Gasteiger partial charge in [-0.05, 0) is 59.7 Å². The van der Waals surface area contributed by atoms with Gasteiger partial charge in [0.05, 0.1) is 11.4 Å². The first kappa shape index (κ1) is 18.9. The van der Waals surface area contributed by atoms with E-state index in [1.807, 2.05) is 59.1 Å². The molecule has 0 fully saturated rings. The molecule has 1 aliphatic rings. The minimum atomic E-state index is -0.0298. The summed E-state index contributed by atoms with van der Waals surface area (Å²) in [5.41, 5.74) is 6.92. The minimum absolute atomic E-state index is 0.0211. The number of pyridine rings is 1. The van der Waals surface area contributed by atoms with Gasteiger partial charge in [0.2, 0.25) is 0 Å². The molecule has 4 aromatic rings. The number of aromatic nitrogens is 2. The molecular weight excluding hydrogens is 390 g/mol. The monoisotopic (exact) mass is 411 g/mol. The highest BCUT2D eigenvalue weighted by molar-refractivity contribution is 5.99. The number of imidazole rings is 1. The number of rotatable bonds is 4. The summed E-state index contributed by atoms with van der Waals surface area (Å²) in [7, 11) is 3.47. The van der Waals surface area contributed by atoms with E-state index in [-0.39, 0.29) is 11.8 Å². The molecule has 2 N–H and O–H groups in total. The van der Waals surface area contributed by atoms with Crippen LogP contribution in [-0.4, -0.2) is 40.2 Å². The van der Waals surface area contributed by atoms with Crippen LogP contribution >= 0.6 is 0 Å². The van der Waals surface area contributed by atoms with Gasteiger partial charge >= 0.3 is 0 Å². The predicted octanol–water partition coefficient (Wildman–Crippen LogP) is 3.69. The normalized spacial score (nSPS) is 12.5. The van der Waals surface area contributed by atoms with E-state index >= 15 is 0 Å². The summed E-state index contributed by atoms with van der Waals surface area (Å²) < 4.78 is 2.03. The first-order chi connectivity index (χ1) is 15.0. The molecule has 0 aliphatic carbocycles. The summed E-state index contributed by atoms with van der Waals surface area (Å²) in [5.74, 6) is -0.0510. The molecule has 7 nitrogen and oxygen atoms in total. The second-order valence-corrected chi connectivity index (χ2v) is 7.71. The van der Waals surface area contributed by atoms with Gasteiger partial charge < -0.3 is 15.5 Å². The molecule has 7 heteroatoms. The summed E-state index contributed by atoms with van der Waals surface area (Å²) in [6, 6.07) is 17.3. The number of benzene rings is 2. The predicted molar refractivity (Wildman–Crippen MR) is 120 cm³/mol. The van der Waals surface area contributed by atoms with Gasteiger partial charge in [-0.3, -0.25) is 14.0 Å². The van der Waals surface area contributed by atoms with E-state index in [1.54, 1.807) is 25.2 Å². The third-order valence-electron chi connectivity index (χ3n) is 5.45. The molecule has 0 spiro atoms. The van der Waals surface area contributed by atoms with Gasteiger partial charge in [0.15, 0.2) is 5.65 Å². The van der Waals surface area contributed by atoms with Crippen LogP contribution in [0.4, 0.5) is 11.4 Å². The average molecular weight is 411 g/mol. The minimum Gasteiger partial charge on any atom is -0.352 e. The third kappa shape index (κ3) is 3.30. The first-order valence-electron chi connectivity index (χ1n) is 9.97. The van der Waals surface area contributed by atoms with E-state index in [0.29, 0.717) is 12.1 Å².